The molecule has 0 spiro atoms. The summed E-state index contributed by atoms with van der Waals surface area (Å²) >= 11 is 0. The fourth-order valence-electron chi connectivity index (χ4n) is 1.55. The van der Waals surface area contributed by atoms with E-state index in [-0.39, 0.29) is 13.2 Å². The van der Waals surface area contributed by atoms with E-state index in [0.717, 1.165) is 11.1 Å². The maximum absolute atomic E-state index is 11.3. The van der Waals surface area contributed by atoms with Crippen LogP contribution in [0.4, 0.5) is 9.59 Å². The Bertz CT molecular complexity index is 597. The SMILES string of the molecule is O=C(OCc1ccccc1)OC(=O)OOCc1ccccc1. The van der Waals surface area contributed by atoms with Gasteiger partial charge >= 0.3 is 12.3 Å². The lowest BCUT2D eigenvalue weighted by Gasteiger charge is -2.05. The third-order valence-corrected chi connectivity index (χ3v) is 2.56. The Morgan fingerprint density at radius 3 is 1.86 bits per heavy atom. The van der Waals surface area contributed by atoms with Crippen LogP contribution in [0.5, 0.6) is 0 Å². The maximum atomic E-state index is 11.3. The summed E-state index contributed by atoms with van der Waals surface area (Å²) in [5, 5.41) is 0. The molecular weight excluding hydrogens is 288 g/mol. The third kappa shape index (κ3) is 5.64. The molecule has 0 aliphatic heterocycles. The molecule has 0 fully saturated rings. The van der Waals surface area contributed by atoms with E-state index in [4.69, 9.17) is 4.74 Å². The third-order valence-electron chi connectivity index (χ3n) is 2.56. The number of carbonyl (C=O) groups excluding carboxylic acids is 2. The highest BCUT2D eigenvalue weighted by Gasteiger charge is 2.14. The molecule has 22 heavy (non-hydrogen) atoms. The molecule has 0 N–H and O–H groups in total. The molecule has 0 heterocycles. The predicted octanol–water partition coefficient (Wildman–Crippen LogP) is 3.61. The molecule has 0 aliphatic rings. The van der Waals surface area contributed by atoms with Gasteiger partial charge in [-0.2, -0.15) is 4.89 Å². The van der Waals surface area contributed by atoms with Gasteiger partial charge in [0.15, 0.2) is 0 Å². The zero-order valence-corrected chi connectivity index (χ0v) is 11.6. The van der Waals surface area contributed by atoms with E-state index in [1.165, 1.54) is 0 Å². The first kappa shape index (κ1) is 15.5. The first-order valence-corrected chi connectivity index (χ1v) is 6.50. The molecule has 0 aromatic heterocycles. The molecule has 0 saturated carbocycles. The average molecular weight is 302 g/mol. The summed E-state index contributed by atoms with van der Waals surface area (Å²) in [5.41, 5.74) is 1.58. The van der Waals surface area contributed by atoms with Crippen LogP contribution < -0.4 is 0 Å². The van der Waals surface area contributed by atoms with Crippen LogP contribution in [0, 0.1) is 0 Å². The molecule has 114 valence electrons. The maximum Gasteiger partial charge on any atom is 0.550 e. The molecule has 0 aliphatic carbocycles. The molecule has 0 bridgehead atoms. The summed E-state index contributed by atoms with van der Waals surface area (Å²) in [5.74, 6) is 0. The molecule has 6 nitrogen and oxygen atoms in total. The van der Waals surface area contributed by atoms with Gasteiger partial charge in [-0.1, -0.05) is 60.7 Å². The Hall–Kier alpha value is -2.86. The van der Waals surface area contributed by atoms with Gasteiger partial charge in [-0.05, 0) is 11.1 Å². The van der Waals surface area contributed by atoms with E-state index >= 15 is 0 Å². The number of hydrogen-bond donors (Lipinski definition) is 0. The van der Waals surface area contributed by atoms with Crippen LogP contribution in [0.2, 0.25) is 0 Å². The molecule has 6 heteroatoms. The monoisotopic (exact) mass is 302 g/mol. The molecule has 0 amide bonds. The minimum Gasteiger partial charge on any atom is -0.429 e. The highest BCUT2D eigenvalue weighted by molar-refractivity contribution is 5.76. The van der Waals surface area contributed by atoms with Crippen molar-refractivity contribution in [2.45, 2.75) is 13.2 Å². The second-order valence-corrected chi connectivity index (χ2v) is 4.21. The van der Waals surface area contributed by atoms with Crippen molar-refractivity contribution >= 4 is 12.3 Å². The number of benzene rings is 2. The Morgan fingerprint density at radius 1 is 0.727 bits per heavy atom. The minimum absolute atomic E-state index is 0.00216. The fourth-order valence-corrected chi connectivity index (χ4v) is 1.55. The highest BCUT2D eigenvalue weighted by atomic mass is 17.2. The summed E-state index contributed by atoms with van der Waals surface area (Å²) in [6.07, 6.45) is -2.44. The Morgan fingerprint density at radius 2 is 1.27 bits per heavy atom. The van der Waals surface area contributed by atoms with Gasteiger partial charge in [0.25, 0.3) is 0 Å². The Labute approximate surface area is 127 Å². The summed E-state index contributed by atoms with van der Waals surface area (Å²) in [6.45, 7) is 0.0484. The topological polar surface area (TPSA) is 71.1 Å². The summed E-state index contributed by atoms with van der Waals surface area (Å²) < 4.78 is 9.01. The van der Waals surface area contributed by atoms with Crippen LogP contribution in [-0.4, -0.2) is 12.3 Å². The van der Waals surface area contributed by atoms with Gasteiger partial charge in [0.1, 0.15) is 13.2 Å². The first-order chi connectivity index (χ1) is 10.7. The molecular formula is C16H14O6. The smallest absolute Gasteiger partial charge is 0.429 e. The van der Waals surface area contributed by atoms with Crippen molar-refractivity contribution in [3.63, 3.8) is 0 Å². The van der Waals surface area contributed by atoms with Gasteiger partial charge in [0.2, 0.25) is 0 Å². The molecule has 0 radical (unpaired) electrons. The lowest BCUT2D eigenvalue weighted by atomic mass is 10.2. The molecule has 0 saturated heterocycles. The molecule has 0 atom stereocenters. The number of rotatable bonds is 5. The van der Waals surface area contributed by atoms with Gasteiger partial charge in [-0.25, -0.2) is 9.59 Å². The predicted molar refractivity (Wildman–Crippen MR) is 75.4 cm³/mol. The van der Waals surface area contributed by atoms with Crippen molar-refractivity contribution in [1.82, 2.24) is 0 Å². The second kappa shape index (κ2) is 8.43. The summed E-state index contributed by atoms with van der Waals surface area (Å²) in [6, 6.07) is 18.1. The number of ether oxygens (including phenoxy) is 2. The standard InChI is InChI=1S/C16H14O6/c17-15(19-11-13-7-3-1-4-8-13)21-16(18)22-20-12-14-9-5-2-6-10-14/h1-10H,11-12H2. The van der Waals surface area contributed by atoms with Crippen LogP contribution in [0.25, 0.3) is 0 Å². The van der Waals surface area contributed by atoms with E-state index in [2.05, 4.69) is 14.5 Å². The first-order valence-electron chi connectivity index (χ1n) is 6.50. The van der Waals surface area contributed by atoms with Crippen molar-refractivity contribution in [3.05, 3.63) is 71.8 Å². The Balaban J connectivity index is 1.63. The lowest BCUT2D eigenvalue weighted by Crippen LogP contribution is -2.15. The van der Waals surface area contributed by atoms with E-state index < -0.39 is 12.3 Å². The quantitative estimate of drug-likeness (QED) is 0.364. The largest absolute Gasteiger partial charge is 0.550 e. The summed E-state index contributed by atoms with van der Waals surface area (Å²) in [7, 11) is 0. The highest BCUT2D eigenvalue weighted by Crippen LogP contribution is 2.04. The van der Waals surface area contributed by atoms with Crippen molar-refractivity contribution in [1.29, 1.82) is 0 Å². The molecule has 0 unspecified atom stereocenters. The number of hydrogen-bond acceptors (Lipinski definition) is 6. The molecule has 2 rings (SSSR count). The normalized spacial score (nSPS) is 9.82. The van der Waals surface area contributed by atoms with Crippen LogP contribution in [0.1, 0.15) is 11.1 Å². The van der Waals surface area contributed by atoms with Gasteiger partial charge in [0, 0.05) is 0 Å². The number of carbonyl (C=O) groups is 2. The zero-order valence-electron chi connectivity index (χ0n) is 11.6. The van der Waals surface area contributed by atoms with Crippen molar-refractivity contribution in [2.24, 2.45) is 0 Å². The van der Waals surface area contributed by atoms with Crippen molar-refractivity contribution in [2.75, 3.05) is 0 Å². The van der Waals surface area contributed by atoms with E-state index in [1.807, 2.05) is 24.3 Å². The average Bonchev–Trinajstić information content (AvgIpc) is 2.55. The van der Waals surface area contributed by atoms with Crippen LogP contribution in [-0.2, 0) is 32.5 Å². The van der Waals surface area contributed by atoms with Crippen LogP contribution >= 0.6 is 0 Å². The van der Waals surface area contributed by atoms with E-state index in [1.54, 1.807) is 36.4 Å². The minimum atomic E-state index is -1.28. The van der Waals surface area contributed by atoms with Gasteiger partial charge in [-0.15, -0.1) is 0 Å². The van der Waals surface area contributed by atoms with Crippen molar-refractivity contribution in [3.8, 4) is 0 Å². The zero-order chi connectivity index (χ0) is 15.6. The van der Waals surface area contributed by atoms with Crippen molar-refractivity contribution < 1.29 is 28.8 Å². The van der Waals surface area contributed by atoms with Gasteiger partial charge in [0.05, 0.1) is 0 Å². The van der Waals surface area contributed by atoms with E-state index in [9.17, 15) is 9.59 Å². The van der Waals surface area contributed by atoms with E-state index in [0.29, 0.717) is 0 Å². The van der Waals surface area contributed by atoms with Crippen LogP contribution in [0.15, 0.2) is 60.7 Å². The lowest BCUT2D eigenvalue weighted by molar-refractivity contribution is -0.261. The second-order valence-electron chi connectivity index (χ2n) is 4.21. The molecule has 2 aromatic rings. The van der Waals surface area contributed by atoms with Gasteiger partial charge < -0.3 is 9.47 Å². The molecule has 2 aromatic carbocycles. The Kier molecular flexibility index (Phi) is 5.95. The summed E-state index contributed by atoms with van der Waals surface area (Å²) in [4.78, 5) is 31.4. The van der Waals surface area contributed by atoms with Crippen LogP contribution in [0.3, 0.4) is 0 Å². The fraction of sp³-hybridized carbons (Fsp3) is 0.125. The van der Waals surface area contributed by atoms with Gasteiger partial charge in [-0.3, -0.25) is 4.89 Å².